The SMILES string of the molecule is NC(=O)c1cc(F)c(N[C@@H]2CCCC[C@@H]2N)nc1Nc1cncc(-n2nccn2)c1. The van der Waals surface area contributed by atoms with Crippen LogP contribution in [0.2, 0.25) is 0 Å². The molecule has 156 valence electrons. The van der Waals surface area contributed by atoms with E-state index in [0.717, 1.165) is 31.7 Å². The van der Waals surface area contributed by atoms with Gasteiger partial charge in [-0.15, -0.1) is 4.80 Å². The van der Waals surface area contributed by atoms with Crippen molar-refractivity contribution in [2.24, 2.45) is 11.5 Å². The molecule has 0 aromatic carbocycles. The summed E-state index contributed by atoms with van der Waals surface area (Å²) in [5.41, 5.74) is 12.6. The highest BCUT2D eigenvalue weighted by Gasteiger charge is 2.24. The molecule has 1 amide bonds. The summed E-state index contributed by atoms with van der Waals surface area (Å²) in [6, 6.07) is 2.60. The van der Waals surface area contributed by atoms with Gasteiger partial charge in [-0.1, -0.05) is 12.8 Å². The molecule has 3 aromatic rings. The largest absolute Gasteiger partial charge is 0.365 e. The first-order chi connectivity index (χ1) is 14.5. The molecule has 0 aliphatic heterocycles. The van der Waals surface area contributed by atoms with Crippen molar-refractivity contribution in [2.75, 3.05) is 10.6 Å². The van der Waals surface area contributed by atoms with Crippen molar-refractivity contribution in [2.45, 2.75) is 37.8 Å². The van der Waals surface area contributed by atoms with Gasteiger partial charge in [0.05, 0.1) is 36.0 Å². The minimum absolute atomic E-state index is 0.0164. The number of carbonyl (C=O) groups excluding carboxylic acids is 1. The first-order valence-corrected chi connectivity index (χ1v) is 9.62. The zero-order valence-electron chi connectivity index (χ0n) is 16.1. The number of nitrogens with one attached hydrogen (secondary N) is 2. The average molecular weight is 411 g/mol. The Morgan fingerprint density at radius 2 is 1.90 bits per heavy atom. The van der Waals surface area contributed by atoms with E-state index in [1.165, 1.54) is 11.0 Å². The van der Waals surface area contributed by atoms with Gasteiger partial charge in [0.25, 0.3) is 5.91 Å². The molecule has 1 saturated carbocycles. The smallest absolute Gasteiger partial charge is 0.252 e. The monoisotopic (exact) mass is 411 g/mol. The van der Waals surface area contributed by atoms with Crippen LogP contribution >= 0.6 is 0 Å². The number of carbonyl (C=O) groups is 1. The van der Waals surface area contributed by atoms with Crippen LogP contribution in [0.4, 0.5) is 21.7 Å². The third kappa shape index (κ3) is 4.20. The maximum absolute atomic E-state index is 14.6. The molecule has 11 heteroatoms. The Labute approximate surface area is 171 Å². The lowest BCUT2D eigenvalue weighted by Gasteiger charge is -2.30. The predicted octanol–water partition coefficient (Wildman–Crippen LogP) is 1.72. The summed E-state index contributed by atoms with van der Waals surface area (Å²) in [4.78, 5) is 21.7. The van der Waals surface area contributed by atoms with E-state index in [2.05, 4.69) is 30.8 Å². The van der Waals surface area contributed by atoms with Gasteiger partial charge in [0, 0.05) is 12.1 Å². The summed E-state index contributed by atoms with van der Waals surface area (Å²) in [6.07, 6.45) is 9.95. The first kappa shape index (κ1) is 19.7. The first-order valence-electron chi connectivity index (χ1n) is 9.62. The van der Waals surface area contributed by atoms with Crippen molar-refractivity contribution >= 4 is 23.2 Å². The molecule has 2 atom stereocenters. The fourth-order valence-electron chi connectivity index (χ4n) is 3.48. The minimum Gasteiger partial charge on any atom is -0.365 e. The van der Waals surface area contributed by atoms with E-state index in [-0.39, 0.29) is 29.3 Å². The topological polar surface area (TPSA) is 150 Å². The number of hydrogen-bond donors (Lipinski definition) is 4. The molecule has 10 nitrogen and oxygen atoms in total. The van der Waals surface area contributed by atoms with E-state index < -0.39 is 11.7 Å². The van der Waals surface area contributed by atoms with Gasteiger partial charge in [-0.2, -0.15) is 10.2 Å². The number of halogens is 1. The summed E-state index contributed by atoms with van der Waals surface area (Å²) in [6.45, 7) is 0. The van der Waals surface area contributed by atoms with Gasteiger partial charge in [-0.25, -0.2) is 9.37 Å². The molecule has 30 heavy (non-hydrogen) atoms. The van der Waals surface area contributed by atoms with Gasteiger partial charge in [0.15, 0.2) is 11.6 Å². The second-order valence-electron chi connectivity index (χ2n) is 7.15. The number of aromatic nitrogens is 5. The Balaban J connectivity index is 1.64. The molecule has 0 bridgehead atoms. The molecule has 0 spiro atoms. The van der Waals surface area contributed by atoms with Crippen molar-refractivity contribution in [3.63, 3.8) is 0 Å². The fourth-order valence-corrected chi connectivity index (χ4v) is 3.48. The van der Waals surface area contributed by atoms with Crippen LogP contribution in [0.1, 0.15) is 36.0 Å². The molecule has 1 aliphatic rings. The lowest BCUT2D eigenvalue weighted by molar-refractivity contribution is 0.100. The quantitative estimate of drug-likeness (QED) is 0.479. The molecular formula is C19H22FN9O. The summed E-state index contributed by atoms with van der Waals surface area (Å²) < 4.78 is 14.6. The molecule has 1 fully saturated rings. The zero-order chi connectivity index (χ0) is 21.1. The number of rotatable bonds is 6. The van der Waals surface area contributed by atoms with Gasteiger partial charge >= 0.3 is 0 Å². The van der Waals surface area contributed by atoms with Crippen LogP contribution in [0.3, 0.4) is 0 Å². The number of hydrogen-bond acceptors (Lipinski definition) is 8. The standard InChI is InChI=1S/C19H22FN9O/c20-14-8-13(17(22)30)18(28-19(14)27-16-4-2-1-3-15(16)21)26-11-7-12(10-23-9-11)29-24-5-6-25-29/h5-10,15-16H,1-4,21H2,(H2,22,30)(H2,26,27,28)/t15-,16+/m0/s1. The molecule has 0 unspecified atom stereocenters. The number of pyridine rings is 2. The molecule has 6 N–H and O–H groups in total. The van der Waals surface area contributed by atoms with Gasteiger partial charge in [-0.3, -0.25) is 9.78 Å². The Kier molecular flexibility index (Phi) is 5.53. The maximum Gasteiger partial charge on any atom is 0.252 e. The van der Waals surface area contributed by atoms with Gasteiger partial charge in [-0.05, 0) is 25.0 Å². The van der Waals surface area contributed by atoms with Crippen LogP contribution in [-0.2, 0) is 0 Å². The van der Waals surface area contributed by atoms with Gasteiger partial charge in [0.2, 0.25) is 0 Å². The zero-order valence-corrected chi connectivity index (χ0v) is 16.1. The minimum atomic E-state index is -0.803. The van der Waals surface area contributed by atoms with Crippen LogP contribution < -0.4 is 22.1 Å². The Bertz CT molecular complexity index is 1040. The van der Waals surface area contributed by atoms with Crippen LogP contribution in [0.25, 0.3) is 5.69 Å². The molecule has 0 radical (unpaired) electrons. The lowest BCUT2D eigenvalue weighted by atomic mass is 9.91. The van der Waals surface area contributed by atoms with E-state index in [4.69, 9.17) is 11.5 Å². The second-order valence-corrected chi connectivity index (χ2v) is 7.15. The van der Waals surface area contributed by atoms with E-state index in [1.807, 2.05) is 0 Å². The third-order valence-corrected chi connectivity index (χ3v) is 5.02. The maximum atomic E-state index is 14.6. The van der Waals surface area contributed by atoms with E-state index >= 15 is 0 Å². The average Bonchev–Trinajstić information content (AvgIpc) is 3.27. The molecule has 1 aliphatic carbocycles. The number of nitrogens with zero attached hydrogens (tertiary/aromatic N) is 5. The second kappa shape index (κ2) is 8.41. The van der Waals surface area contributed by atoms with Gasteiger partial charge < -0.3 is 22.1 Å². The molecule has 4 rings (SSSR count). The summed E-state index contributed by atoms with van der Waals surface area (Å²) >= 11 is 0. The lowest BCUT2D eigenvalue weighted by Crippen LogP contribution is -2.43. The van der Waals surface area contributed by atoms with Crippen molar-refractivity contribution in [3.8, 4) is 5.69 Å². The highest BCUT2D eigenvalue weighted by molar-refractivity contribution is 5.98. The predicted molar refractivity (Wildman–Crippen MR) is 109 cm³/mol. The van der Waals surface area contributed by atoms with Gasteiger partial charge in [0.1, 0.15) is 11.5 Å². The summed E-state index contributed by atoms with van der Waals surface area (Å²) in [5, 5.41) is 14.2. The fraction of sp³-hybridized carbons (Fsp3) is 0.316. The van der Waals surface area contributed by atoms with E-state index in [1.54, 1.807) is 24.7 Å². The summed E-state index contributed by atoms with van der Waals surface area (Å²) in [5.74, 6) is -1.34. The number of nitrogens with two attached hydrogens (primary N) is 2. The number of primary amides is 1. The molecule has 0 saturated heterocycles. The Morgan fingerprint density at radius 3 is 2.63 bits per heavy atom. The van der Waals surface area contributed by atoms with E-state index in [9.17, 15) is 9.18 Å². The van der Waals surface area contributed by atoms with Crippen LogP contribution in [0, 0.1) is 5.82 Å². The highest BCUT2D eigenvalue weighted by atomic mass is 19.1. The normalized spacial score (nSPS) is 18.7. The van der Waals surface area contributed by atoms with Crippen LogP contribution in [0.15, 0.2) is 36.9 Å². The van der Waals surface area contributed by atoms with Crippen molar-refractivity contribution < 1.29 is 9.18 Å². The molecule has 3 aromatic heterocycles. The molecule has 3 heterocycles. The third-order valence-electron chi connectivity index (χ3n) is 5.02. The number of amides is 1. The molecular weight excluding hydrogens is 389 g/mol. The van der Waals surface area contributed by atoms with Crippen molar-refractivity contribution in [1.82, 2.24) is 25.0 Å². The highest BCUT2D eigenvalue weighted by Crippen LogP contribution is 2.27. The van der Waals surface area contributed by atoms with Crippen LogP contribution in [-0.4, -0.2) is 43.0 Å². The Hall–Kier alpha value is -3.60. The van der Waals surface area contributed by atoms with Crippen molar-refractivity contribution in [1.29, 1.82) is 0 Å². The summed E-state index contributed by atoms with van der Waals surface area (Å²) in [7, 11) is 0. The Morgan fingerprint density at radius 1 is 1.13 bits per heavy atom. The van der Waals surface area contributed by atoms with E-state index in [0.29, 0.717) is 11.4 Å². The number of anilines is 3. The van der Waals surface area contributed by atoms with Crippen molar-refractivity contribution in [3.05, 3.63) is 48.3 Å². The van der Waals surface area contributed by atoms with Crippen LogP contribution in [0.5, 0.6) is 0 Å².